The number of pyridine rings is 1. The molecule has 3 heterocycles. The highest BCUT2D eigenvalue weighted by Gasteiger charge is 2.39. The Morgan fingerprint density at radius 3 is 2.59 bits per heavy atom. The van der Waals surface area contributed by atoms with Crippen molar-refractivity contribution in [3.8, 4) is 0 Å². The summed E-state index contributed by atoms with van der Waals surface area (Å²) in [6.45, 7) is 5.49. The molecule has 0 N–H and O–H groups in total. The van der Waals surface area contributed by atoms with Crippen molar-refractivity contribution < 1.29 is 9.47 Å². The second kappa shape index (κ2) is 4.27. The van der Waals surface area contributed by atoms with Crippen LogP contribution < -0.4 is 4.90 Å². The van der Waals surface area contributed by atoms with Crippen molar-refractivity contribution in [2.24, 2.45) is 0 Å². The summed E-state index contributed by atoms with van der Waals surface area (Å²) in [6, 6.07) is 4.20. The predicted octanol–water partition coefficient (Wildman–Crippen LogP) is 1.73. The first-order valence-corrected chi connectivity index (χ1v) is 6.23. The van der Waals surface area contributed by atoms with E-state index in [1.54, 1.807) is 0 Å². The van der Waals surface area contributed by atoms with Crippen LogP contribution in [0, 0.1) is 6.92 Å². The van der Waals surface area contributed by atoms with Gasteiger partial charge in [-0.25, -0.2) is 0 Å². The first-order chi connectivity index (χ1) is 8.27. The Kier molecular flexibility index (Phi) is 2.76. The molecule has 4 heteroatoms. The number of aromatic nitrogens is 1. The van der Waals surface area contributed by atoms with Gasteiger partial charge in [-0.15, -0.1) is 0 Å². The van der Waals surface area contributed by atoms with Crippen LogP contribution in [0.1, 0.15) is 18.5 Å². The van der Waals surface area contributed by atoms with Crippen molar-refractivity contribution in [3.63, 3.8) is 0 Å². The molecule has 1 aromatic rings. The van der Waals surface area contributed by atoms with Crippen LogP contribution in [-0.4, -0.2) is 37.1 Å². The summed E-state index contributed by atoms with van der Waals surface area (Å²) in [7, 11) is 0. The molecule has 0 atom stereocenters. The predicted molar refractivity (Wildman–Crippen MR) is 65.1 cm³/mol. The van der Waals surface area contributed by atoms with E-state index in [-0.39, 0.29) is 5.79 Å². The van der Waals surface area contributed by atoms with Gasteiger partial charge in [0.25, 0.3) is 0 Å². The van der Waals surface area contributed by atoms with Crippen molar-refractivity contribution in [2.45, 2.75) is 25.6 Å². The Balaban J connectivity index is 1.68. The van der Waals surface area contributed by atoms with Gasteiger partial charge < -0.3 is 14.4 Å². The van der Waals surface area contributed by atoms with E-state index in [4.69, 9.17) is 9.47 Å². The largest absolute Gasteiger partial charge is 0.371 e. The average molecular weight is 234 g/mol. The zero-order valence-electron chi connectivity index (χ0n) is 10.2. The molecule has 0 radical (unpaired) electrons. The van der Waals surface area contributed by atoms with Gasteiger partial charge in [0.1, 0.15) is 0 Å². The third-order valence-corrected chi connectivity index (χ3v) is 3.58. The molecule has 0 aliphatic carbocycles. The van der Waals surface area contributed by atoms with E-state index >= 15 is 0 Å². The molecule has 2 aliphatic rings. The maximum Gasteiger partial charge on any atom is 0.171 e. The Labute approximate surface area is 102 Å². The number of hydrogen-bond donors (Lipinski definition) is 0. The molecule has 3 rings (SSSR count). The van der Waals surface area contributed by atoms with Gasteiger partial charge in [0, 0.05) is 43.5 Å². The van der Waals surface area contributed by atoms with E-state index in [0.717, 1.165) is 44.8 Å². The summed E-state index contributed by atoms with van der Waals surface area (Å²) in [6.07, 6.45) is 3.78. The normalized spacial score (nSPS) is 23.2. The first-order valence-electron chi connectivity index (χ1n) is 6.23. The maximum atomic E-state index is 5.73. The van der Waals surface area contributed by atoms with E-state index in [2.05, 4.69) is 22.0 Å². The van der Waals surface area contributed by atoms with Gasteiger partial charge in [-0.3, -0.25) is 4.98 Å². The number of nitrogens with zero attached hydrogens (tertiary/aromatic N) is 2. The lowest BCUT2D eigenvalue weighted by Gasteiger charge is -2.38. The van der Waals surface area contributed by atoms with Gasteiger partial charge in [-0.05, 0) is 19.1 Å². The summed E-state index contributed by atoms with van der Waals surface area (Å²) in [4.78, 5) is 6.61. The SMILES string of the molecule is Cc1cc(N2CCC3(CC2)OCCO3)ccn1. The van der Waals surface area contributed by atoms with Crippen LogP contribution in [0.5, 0.6) is 0 Å². The lowest BCUT2D eigenvalue weighted by Crippen LogP contribution is -2.45. The molecule has 2 fully saturated rings. The molecule has 0 saturated carbocycles. The van der Waals surface area contributed by atoms with Crippen LogP contribution in [0.25, 0.3) is 0 Å². The van der Waals surface area contributed by atoms with Gasteiger partial charge in [0.2, 0.25) is 0 Å². The monoisotopic (exact) mass is 234 g/mol. The average Bonchev–Trinajstić information content (AvgIpc) is 2.79. The van der Waals surface area contributed by atoms with Crippen molar-refractivity contribution in [2.75, 3.05) is 31.2 Å². The molecule has 0 bridgehead atoms. The topological polar surface area (TPSA) is 34.6 Å². The van der Waals surface area contributed by atoms with E-state index < -0.39 is 0 Å². The number of aryl methyl sites for hydroxylation is 1. The maximum absolute atomic E-state index is 5.73. The molecule has 1 spiro atoms. The number of anilines is 1. The first kappa shape index (κ1) is 11.0. The molecule has 0 aromatic carbocycles. The summed E-state index contributed by atoms with van der Waals surface area (Å²) >= 11 is 0. The van der Waals surface area contributed by atoms with Crippen molar-refractivity contribution in [1.82, 2.24) is 4.98 Å². The van der Waals surface area contributed by atoms with Gasteiger partial charge in [-0.2, -0.15) is 0 Å². The second-order valence-electron chi connectivity index (χ2n) is 4.75. The van der Waals surface area contributed by atoms with Gasteiger partial charge in [0.15, 0.2) is 5.79 Å². The molecule has 2 aliphatic heterocycles. The fraction of sp³-hybridized carbons (Fsp3) is 0.615. The molecular weight excluding hydrogens is 216 g/mol. The van der Waals surface area contributed by atoms with Crippen LogP contribution in [0.2, 0.25) is 0 Å². The van der Waals surface area contributed by atoms with Gasteiger partial charge >= 0.3 is 0 Å². The molecule has 0 amide bonds. The van der Waals surface area contributed by atoms with E-state index in [9.17, 15) is 0 Å². The molecule has 0 unspecified atom stereocenters. The number of piperidine rings is 1. The van der Waals surface area contributed by atoms with Gasteiger partial charge in [0.05, 0.1) is 13.2 Å². The highest BCUT2D eigenvalue weighted by molar-refractivity contribution is 5.46. The van der Waals surface area contributed by atoms with E-state index in [0.29, 0.717) is 0 Å². The van der Waals surface area contributed by atoms with Gasteiger partial charge in [-0.1, -0.05) is 0 Å². The minimum atomic E-state index is -0.279. The fourth-order valence-electron chi connectivity index (χ4n) is 2.62. The van der Waals surface area contributed by atoms with Crippen molar-refractivity contribution >= 4 is 5.69 Å². The number of hydrogen-bond acceptors (Lipinski definition) is 4. The summed E-state index contributed by atoms with van der Waals surface area (Å²) in [5.41, 5.74) is 2.32. The lowest BCUT2D eigenvalue weighted by molar-refractivity contribution is -0.169. The van der Waals surface area contributed by atoms with Crippen LogP contribution in [-0.2, 0) is 9.47 Å². The van der Waals surface area contributed by atoms with Crippen LogP contribution in [0.15, 0.2) is 18.3 Å². The molecule has 92 valence electrons. The highest BCUT2D eigenvalue weighted by atomic mass is 16.7. The summed E-state index contributed by atoms with van der Waals surface area (Å²) in [5, 5.41) is 0. The minimum Gasteiger partial charge on any atom is -0.371 e. The fourth-order valence-corrected chi connectivity index (χ4v) is 2.62. The van der Waals surface area contributed by atoms with E-state index in [1.165, 1.54) is 5.69 Å². The Morgan fingerprint density at radius 1 is 1.24 bits per heavy atom. The standard InChI is InChI=1S/C13H18N2O2/c1-11-10-12(2-5-14-11)15-6-3-13(4-7-15)16-8-9-17-13/h2,5,10H,3-4,6-9H2,1H3. The number of ether oxygens (including phenoxy) is 2. The summed E-state index contributed by atoms with van der Waals surface area (Å²) in [5.74, 6) is -0.279. The molecule has 1 aromatic heterocycles. The smallest absolute Gasteiger partial charge is 0.171 e. The number of rotatable bonds is 1. The molecule has 17 heavy (non-hydrogen) atoms. The van der Waals surface area contributed by atoms with Crippen molar-refractivity contribution in [1.29, 1.82) is 0 Å². The Bertz CT molecular complexity index is 392. The van der Waals surface area contributed by atoms with Crippen LogP contribution in [0.3, 0.4) is 0 Å². The second-order valence-corrected chi connectivity index (χ2v) is 4.75. The zero-order valence-corrected chi connectivity index (χ0v) is 10.2. The summed E-state index contributed by atoms with van der Waals surface area (Å²) < 4.78 is 11.5. The Hall–Kier alpha value is -1.13. The third kappa shape index (κ3) is 2.15. The van der Waals surface area contributed by atoms with Crippen LogP contribution in [0.4, 0.5) is 5.69 Å². The molecule has 4 nitrogen and oxygen atoms in total. The molecular formula is C13H18N2O2. The third-order valence-electron chi connectivity index (χ3n) is 3.58. The van der Waals surface area contributed by atoms with Crippen LogP contribution >= 0.6 is 0 Å². The van der Waals surface area contributed by atoms with E-state index in [1.807, 2.05) is 13.1 Å². The minimum absolute atomic E-state index is 0.279. The highest BCUT2D eigenvalue weighted by Crippen LogP contribution is 2.33. The molecule has 2 saturated heterocycles. The lowest BCUT2D eigenvalue weighted by atomic mass is 10.0. The zero-order chi connectivity index (χ0) is 11.7. The Morgan fingerprint density at radius 2 is 1.94 bits per heavy atom. The quantitative estimate of drug-likeness (QED) is 0.741. The van der Waals surface area contributed by atoms with Crippen molar-refractivity contribution in [3.05, 3.63) is 24.0 Å².